The number of aromatic nitrogens is 1. The maximum atomic E-state index is 13.4. The van der Waals surface area contributed by atoms with E-state index in [2.05, 4.69) is 4.72 Å². The number of benzene rings is 3. The van der Waals surface area contributed by atoms with Crippen molar-refractivity contribution >= 4 is 54.3 Å². The maximum absolute atomic E-state index is 13.4. The fourth-order valence-electron chi connectivity index (χ4n) is 4.99. The topological polar surface area (TPSA) is 112 Å². The van der Waals surface area contributed by atoms with Gasteiger partial charge in [-0.2, -0.15) is 0 Å². The zero-order valence-electron chi connectivity index (χ0n) is 19.3. The number of rotatable bonds is 3. The number of hydrogen-bond acceptors (Lipinski definition) is 6. The van der Waals surface area contributed by atoms with Crippen LogP contribution in [-0.4, -0.2) is 18.8 Å². The predicted octanol–water partition coefficient (Wildman–Crippen LogP) is 4.99. The molecule has 0 radical (unpaired) electrons. The lowest BCUT2D eigenvalue weighted by molar-refractivity contribution is 0.0906. The van der Waals surface area contributed by atoms with Crippen molar-refractivity contribution in [2.45, 2.75) is 31.6 Å². The van der Waals surface area contributed by atoms with E-state index in [4.69, 9.17) is 8.83 Å². The van der Waals surface area contributed by atoms with Crippen LogP contribution in [0.25, 0.3) is 32.8 Å². The number of aryl methyl sites for hydroxylation is 1. The van der Waals surface area contributed by atoms with E-state index in [0.717, 1.165) is 0 Å². The average molecular weight is 491 g/mol. The highest BCUT2D eigenvalue weighted by Crippen LogP contribution is 2.43. The number of nitrogens with one attached hydrogen (secondary N) is 1. The van der Waals surface area contributed by atoms with Crippen LogP contribution >= 0.6 is 0 Å². The molecule has 0 saturated carbocycles. The van der Waals surface area contributed by atoms with Crippen molar-refractivity contribution in [2.75, 3.05) is 4.72 Å². The molecule has 0 atom stereocenters. The highest BCUT2D eigenvalue weighted by molar-refractivity contribution is 7.92. The first-order valence-corrected chi connectivity index (χ1v) is 12.7. The quantitative estimate of drug-likeness (QED) is 0.382. The summed E-state index contributed by atoms with van der Waals surface area (Å²) in [6.07, 6.45) is 1.02. The van der Waals surface area contributed by atoms with Crippen LogP contribution in [0, 0.1) is 5.41 Å². The van der Waals surface area contributed by atoms with Gasteiger partial charge in [0.15, 0.2) is 11.4 Å². The molecule has 8 nitrogen and oxygen atoms in total. The lowest BCUT2D eigenvalue weighted by Crippen LogP contribution is -2.25. The van der Waals surface area contributed by atoms with Gasteiger partial charge < -0.3 is 8.83 Å². The Balaban J connectivity index is 1.53. The van der Waals surface area contributed by atoms with Gasteiger partial charge >= 0.3 is 5.76 Å². The number of sulfonamides is 1. The number of carbonyl (C=O) groups is 1. The van der Waals surface area contributed by atoms with E-state index in [1.54, 1.807) is 19.2 Å². The number of ketones is 1. The van der Waals surface area contributed by atoms with Crippen LogP contribution in [0.5, 0.6) is 0 Å². The Morgan fingerprint density at radius 3 is 2.46 bits per heavy atom. The number of carbonyl (C=O) groups excluding carboxylic acids is 1. The smallest absolute Gasteiger partial charge is 0.419 e. The van der Waals surface area contributed by atoms with Gasteiger partial charge in [0, 0.05) is 42.1 Å². The Morgan fingerprint density at radius 1 is 0.943 bits per heavy atom. The minimum atomic E-state index is -4.04. The summed E-state index contributed by atoms with van der Waals surface area (Å²) >= 11 is 0. The van der Waals surface area contributed by atoms with Gasteiger partial charge in [-0.05, 0) is 23.6 Å². The summed E-state index contributed by atoms with van der Waals surface area (Å²) in [5.41, 5.74) is 1.91. The van der Waals surface area contributed by atoms with Crippen LogP contribution in [-0.2, 0) is 23.5 Å². The molecule has 0 amide bonds. The molecule has 0 unspecified atom stereocenters. The SMILES string of the molecule is Cn1c(=O)oc2cc(S(=O)(=O)Nc3cc4c5c(oc4c4ccccc34)CC(C)(C)CC5=O)ccc21. The van der Waals surface area contributed by atoms with Crippen molar-refractivity contribution in [3.63, 3.8) is 0 Å². The minimum Gasteiger partial charge on any atom is -0.460 e. The minimum absolute atomic E-state index is 0.0105. The lowest BCUT2D eigenvalue weighted by Gasteiger charge is -2.27. The molecule has 3 aromatic carbocycles. The Kier molecular flexibility index (Phi) is 4.38. The molecule has 1 N–H and O–H groups in total. The van der Waals surface area contributed by atoms with Gasteiger partial charge in [0.05, 0.1) is 21.7 Å². The van der Waals surface area contributed by atoms with Crippen LogP contribution in [0.4, 0.5) is 5.69 Å². The Labute approximate surface area is 200 Å². The van der Waals surface area contributed by atoms with Crippen LogP contribution < -0.4 is 10.5 Å². The third-order valence-corrected chi connectivity index (χ3v) is 8.01. The van der Waals surface area contributed by atoms with Gasteiger partial charge in [-0.3, -0.25) is 14.1 Å². The van der Waals surface area contributed by atoms with Gasteiger partial charge in [-0.25, -0.2) is 13.2 Å². The van der Waals surface area contributed by atoms with E-state index < -0.39 is 15.8 Å². The number of hydrogen-bond donors (Lipinski definition) is 1. The molecule has 2 heterocycles. The van der Waals surface area contributed by atoms with Gasteiger partial charge in [0.2, 0.25) is 0 Å². The summed E-state index contributed by atoms with van der Waals surface area (Å²) in [5.74, 6) is 0.0520. The van der Waals surface area contributed by atoms with Crippen LogP contribution in [0.2, 0.25) is 0 Å². The van der Waals surface area contributed by atoms with Crippen molar-refractivity contribution in [3.05, 3.63) is 70.4 Å². The van der Waals surface area contributed by atoms with E-state index >= 15 is 0 Å². The largest absolute Gasteiger partial charge is 0.460 e. The first kappa shape index (κ1) is 21.7. The molecule has 0 aliphatic heterocycles. The first-order chi connectivity index (χ1) is 16.5. The molecule has 1 aliphatic rings. The highest BCUT2D eigenvalue weighted by Gasteiger charge is 2.36. The molecule has 2 aromatic heterocycles. The molecule has 178 valence electrons. The number of nitrogens with zero attached hydrogens (tertiary/aromatic N) is 1. The van der Waals surface area contributed by atoms with Crippen molar-refractivity contribution in [1.82, 2.24) is 4.57 Å². The molecule has 35 heavy (non-hydrogen) atoms. The lowest BCUT2D eigenvalue weighted by atomic mass is 9.76. The number of oxazole rings is 1. The second kappa shape index (κ2) is 7.08. The summed E-state index contributed by atoms with van der Waals surface area (Å²) in [7, 11) is -2.49. The Hall–Kier alpha value is -3.85. The van der Waals surface area contributed by atoms with Crippen molar-refractivity contribution in [3.8, 4) is 0 Å². The normalized spacial score (nSPS) is 15.7. The van der Waals surface area contributed by atoms with Gasteiger partial charge in [-0.1, -0.05) is 38.1 Å². The van der Waals surface area contributed by atoms with Gasteiger partial charge in [0.1, 0.15) is 11.3 Å². The fourth-order valence-corrected chi connectivity index (χ4v) is 6.07. The Bertz CT molecular complexity index is 1870. The van der Waals surface area contributed by atoms with Crippen molar-refractivity contribution in [2.24, 2.45) is 12.5 Å². The number of fused-ring (bicyclic) bond motifs is 6. The average Bonchev–Trinajstić information content (AvgIpc) is 3.29. The molecule has 0 fully saturated rings. The number of anilines is 1. The number of furan rings is 1. The van der Waals surface area contributed by atoms with Gasteiger partial charge in [-0.15, -0.1) is 0 Å². The zero-order valence-corrected chi connectivity index (χ0v) is 20.2. The van der Waals surface area contributed by atoms with E-state index in [1.165, 1.54) is 22.8 Å². The van der Waals surface area contributed by atoms with Crippen LogP contribution in [0.3, 0.4) is 0 Å². The highest BCUT2D eigenvalue weighted by atomic mass is 32.2. The zero-order chi connectivity index (χ0) is 24.7. The standard InChI is InChI=1S/C26H22N2O6S/c1-26(2)12-20(29)23-17-11-18(15-6-4-5-7-16(15)24(17)33-22(23)13-26)27-35(31,32)14-8-9-19-21(10-14)34-25(30)28(19)3/h4-11,27H,12-13H2,1-3H3. The second-order valence-corrected chi connectivity index (χ2v) is 11.5. The predicted molar refractivity (Wildman–Crippen MR) is 132 cm³/mol. The fraction of sp³-hybridized carbons (Fsp3) is 0.231. The molecule has 6 rings (SSSR count). The molecule has 0 bridgehead atoms. The van der Waals surface area contributed by atoms with E-state index in [0.29, 0.717) is 57.1 Å². The monoisotopic (exact) mass is 490 g/mol. The molecule has 5 aromatic rings. The second-order valence-electron chi connectivity index (χ2n) is 9.85. The third kappa shape index (κ3) is 3.30. The van der Waals surface area contributed by atoms with Crippen molar-refractivity contribution < 1.29 is 22.0 Å². The molecule has 1 aliphatic carbocycles. The van der Waals surface area contributed by atoms with E-state index in [1.807, 2.05) is 32.0 Å². The summed E-state index contributed by atoms with van der Waals surface area (Å²) < 4.78 is 42.1. The van der Waals surface area contributed by atoms with Crippen LogP contribution in [0.15, 0.2) is 67.1 Å². The van der Waals surface area contributed by atoms with E-state index in [-0.39, 0.29) is 21.7 Å². The molecule has 0 saturated heterocycles. The molecular formula is C26H22N2O6S. The Morgan fingerprint density at radius 2 is 1.69 bits per heavy atom. The summed E-state index contributed by atoms with van der Waals surface area (Å²) in [4.78, 5) is 24.8. The maximum Gasteiger partial charge on any atom is 0.419 e. The summed E-state index contributed by atoms with van der Waals surface area (Å²) in [6.45, 7) is 4.06. The van der Waals surface area contributed by atoms with Gasteiger partial charge in [0.25, 0.3) is 10.0 Å². The third-order valence-electron chi connectivity index (χ3n) is 6.64. The molecular weight excluding hydrogens is 468 g/mol. The summed E-state index contributed by atoms with van der Waals surface area (Å²) in [6, 6.07) is 13.3. The van der Waals surface area contributed by atoms with Crippen LogP contribution in [0.1, 0.15) is 36.4 Å². The molecule has 9 heteroatoms. The first-order valence-electron chi connectivity index (χ1n) is 11.2. The molecule has 0 spiro atoms. The summed E-state index contributed by atoms with van der Waals surface area (Å²) in [5, 5.41) is 1.96. The van der Waals surface area contributed by atoms with Crippen molar-refractivity contribution in [1.29, 1.82) is 0 Å². The van der Waals surface area contributed by atoms with E-state index in [9.17, 15) is 18.0 Å². The number of Topliss-reactive ketones (excluding diaryl/α,β-unsaturated/α-hetero) is 1.